The van der Waals surface area contributed by atoms with Crippen LogP contribution in [-0.4, -0.2) is 23.3 Å². The number of carboxylic acid groups (broad SMARTS) is 1. The molecule has 1 rings (SSSR count). The van der Waals surface area contributed by atoms with Crippen LogP contribution < -0.4 is 5.73 Å². The van der Waals surface area contributed by atoms with Gasteiger partial charge in [0, 0.05) is 12.0 Å². The fourth-order valence-corrected chi connectivity index (χ4v) is 1.08. The SMILES string of the molecule is N[C@H](C[C@@H](F)C#Cc1ccc(F)cc1)C(=O)O. The molecule has 90 valence electrons. The van der Waals surface area contributed by atoms with Crippen LogP contribution in [-0.2, 0) is 4.79 Å². The van der Waals surface area contributed by atoms with Crippen LogP contribution in [0.5, 0.6) is 0 Å². The lowest BCUT2D eigenvalue weighted by atomic mass is 10.1. The monoisotopic (exact) mass is 239 g/mol. The van der Waals surface area contributed by atoms with E-state index in [1.165, 1.54) is 24.3 Å². The Morgan fingerprint density at radius 1 is 1.41 bits per heavy atom. The zero-order valence-corrected chi connectivity index (χ0v) is 8.86. The minimum Gasteiger partial charge on any atom is -0.480 e. The van der Waals surface area contributed by atoms with Crippen molar-refractivity contribution in [2.24, 2.45) is 5.73 Å². The summed E-state index contributed by atoms with van der Waals surface area (Å²) in [7, 11) is 0. The molecule has 5 heteroatoms. The van der Waals surface area contributed by atoms with Gasteiger partial charge in [-0.2, -0.15) is 0 Å². The third-order valence-corrected chi connectivity index (χ3v) is 2.00. The molecule has 0 aliphatic carbocycles. The van der Waals surface area contributed by atoms with E-state index in [-0.39, 0.29) is 6.42 Å². The molecule has 1 aromatic carbocycles. The molecule has 0 aliphatic rings. The first kappa shape index (κ1) is 13.1. The minimum atomic E-state index is -1.62. The number of benzene rings is 1. The van der Waals surface area contributed by atoms with E-state index >= 15 is 0 Å². The second-order valence-electron chi connectivity index (χ2n) is 3.42. The third kappa shape index (κ3) is 4.62. The predicted octanol–water partition coefficient (Wildman–Crippen LogP) is 1.32. The summed E-state index contributed by atoms with van der Waals surface area (Å²) < 4.78 is 25.7. The third-order valence-electron chi connectivity index (χ3n) is 2.00. The van der Waals surface area contributed by atoms with Gasteiger partial charge >= 0.3 is 5.97 Å². The Bertz CT molecular complexity index is 448. The summed E-state index contributed by atoms with van der Waals surface area (Å²) in [5.74, 6) is 3.03. The van der Waals surface area contributed by atoms with E-state index in [0.717, 1.165) is 0 Å². The Morgan fingerprint density at radius 2 is 2.00 bits per heavy atom. The maximum Gasteiger partial charge on any atom is 0.320 e. The van der Waals surface area contributed by atoms with E-state index < -0.39 is 24.0 Å². The van der Waals surface area contributed by atoms with Crippen molar-refractivity contribution in [1.29, 1.82) is 0 Å². The van der Waals surface area contributed by atoms with Crippen LogP contribution in [0, 0.1) is 17.7 Å². The van der Waals surface area contributed by atoms with Crippen LogP contribution >= 0.6 is 0 Å². The zero-order valence-electron chi connectivity index (χ0n) is 8.86. The van der Waals surface area contributed by atoms with Gasteiger partial charge in [0.1, 0.15) is 11.9 Å². The van der Waals surface area contributed by atoms with E-state index in [9.17, 15) is 13.6 Å². The first-order valence-corrected chi connectivity index (χ1v) is 4.88. The molecule has 0 heterocycles. The quantitative estimate of drug-likeness (QED) is 0.782. The maximum atomic E-state index is 13.2. The fourth-order valence-electron chi connectivity index (χ4n) is 1.08. The second-order valence-corrected chi connectivity index (χ2v) is 3.42. The van der Waals surface area contributed by atoms with E-state index in [0.29, 0.717) is 5.56 Å². The van der Waals surface area contributed by atoms with Crippen LogP contribution in [0.25, 0.3) is 0 Å². The van der Waals surface area contributed by atoms with Gasteiger partial charge in [-0.1, -0.05) is 11.8 Å². The van der Waals surface area contributed by atoms with E-state index in [1.54, 1.807) is 0 Å². The number of hydrogen-bond acceptors (Lipinski definition) is 2. The molecule has 0 unspecified atom stereocenters. The molecular formula is C12H11F2NO2. The summed E-state index contributed by atoms with van der Waals surface area (Å²) in [4.78, 5) is 10.4. The van der Waals surface area contributed by atoms with Crippen molar-refractivity contribution in [3.8, 4) is 11.8 Å². The molecule has 17 heavy (non-hydrogen) atoms. The average molecular weight is 239 g/mol. The molecule has 0 spiro atoms. The standard InChI is InChI=1S/C12H11F2NO2/c13-9-4-1-8(2-5-9)3-6-10(14)7-11(15)12(16)17/h1-2,4-5,10-11H,7,15H2,(H,16,17)/t10-,11+/m0/s1. The number of nitrogens with two attached hydrogens (primary N) is 1. The van der Waals surface area contributed by atoms with Gasteiger partial charge in [0.25, 0.3) is 0 Å². The molecule has 0 radical (unpaired) electrons. The normalized spacial score (nSPS) is 13.4. The lowest BCUT2D eigenvalue weighted by Gasteiger charge is -2.05. The molecule has 0 amide bonds. The van der Waals surface area contributed by atoms with Crippen molar-refractivity contribution in [1.82, 2.24) is 0 Å². The highest BCUT2D eigenvalue weighted by atomic mass is 19.1. The predicted molar refractivity (Wildman–Crippen MR) is 58.4 cm³/mol. The van der Waals surface area contributed by atoms with Crippen molar-refractivity contribution in [3.05, 3.63) is 35.6 Å². The average Bonchev–Trinajstić information content (AvgIpc) is 2.28. The number of alkyl halides is 1. The van der Waals surface area contributed by atoms with E-state index in [1.807, 2.05) is 0 Å². The highest BCUT2D eigenvalue weighted by molar-refractivity contribution is 5.73. The molecule has 0 bridgehead atoms. The number of carbonyl (C=O) groups is 1. The Hall–Kier alpha value is -1.93. The first-order chi connectivity index (χ1) is 7.99. The van der Waals surface area contributed by atoms with Crippen LogP contribution in [0.15, 0.2) is 24.3 Å². The van der Waals surface area contributed by atoms with Gasteiger partial charge in [-0.15, -0.1) is 0 Å². The van der Waals surface area contributed by atoms with Gasteiger partial charge in [0.2, 0.25) is 0 Å². The van der Waals surface area contributed by atoms with Crippen LogP contribution in [0.4, 0.5) is 8.78 Å². The van der Waals surface area contributed by atoms with Gasteiger partial charge in [-0.25, -0.2) is 8.78 Å². The largest absolute Gasteiger partial charge is 0.480 e. The zero-order chi connectivity index (χ0) is 12.8. The van der Waals surface area contributed by atoms with Crippen molar-refractivity contribution in [2.75, 3.05) is 0 Å². The van der Waals surface area contributed by atoms with Crippen molar-refractivity contribution in [3.63, 3.8) is 0 Å². The van der Waals surface area contributed by atoms with Gasteiger partial charge in [-0.3, -0.25) is 4.79 Å². The van der Waals surface area contributed by atoms with Crippen molar-refractivity contribution in [2.45, 2.75) is 18.6 Å². The summed E-state index contributed by atoms with van der Waals surface area (Å²) in [6, 6.07) is 3.96. The molecule has 0 aromatic heterocycles. The van der Waals surface area contributed by atoms with Gasteiger partial charge in [-0.05, 0) is 24.3 Å². The Balaban J connectivity index is 2.59. The molecule has 0 fully saturated rings. The molecule has 1 aromatic rings. The summed E-state index contributed by atoms with van der Waals surface area (Å²) in [6.45, 7) is 0. The minimum absolute atomic E-state index is 0.371. The molecular weight excluding hydrogens is 228 g/mol. The number of halogens is 2. The summed E-state index contributed by atoms with van der Waals surface area (Å²) >= 11 is 0. The van der Waals surface area contributed by atoms with Crippen LogP contribution in [0.2, 0.25) is 0 Å². The topological polar surface area (TPSA) is 63.3 Å². The smallest absolute Gasteiger partial charge is 0.320 e. The number of hydrogen-bond donors (Lipinski definition) is 2. The lowest BCUT2D eigenvalue weighted by Crippen LogP contribution is -2.32. The molecule has 0 saturated carbocycles. The second kappa shape index (κ2) is 5.97. The molecule has 0 saturated heterocycles. The number of rotatable bonds is 3. The van der Waals surface area contributed by atoms with Gasteiger partial charge < -0.3 is 10.8 Å². The Kier molecular flexibility index (Phi) is 4.61. The first-order valence-electron chi connectivity index (χ1n) is 4.88. The fraction of sp³-hybridized carbons (Fsp3) is 0.250. The van der Waals surface area contributed by atoms with Crippen LogP contribution in [0.1, 0.15) is 12.0 Å². The van der Waals surface area contributed by atoms with E-state index in [4.69, 9.17) is 10.8 Å². The van der Waals surface area contributed by atoms with Crippen molar-refractivity contribution >= 4 is 5.97 Å². The van der Waals surface area contributed by atoms with Crippen LogP contribution in [0.3, 0.4) is 0 Å². The Labute approximate surface area is 97.2 Å². The summed E-state index contributed by atoms with van der Waals surface area (Å²) in [5.41, 5.74) is 5.61. The lowest BCUT2D eigenvalue weighted by molar-refractivity contribution is -0.138. The van der Waals surface area contributed by atoms with Crippen molar-refractivity contribution < 1.29 is 18.7 Å². The highest BCUT2D eigenvalue weighted by Gasteiger charge is 2.16. The molecule has 3 N–H and O–H groups in total. The number of carboxylic acids is 1. The van der Waals surface area contributed by atoms with Gasteiger partial charge in [0.15, 0.2) is 6.17 Å². The number of aliphatic carboxylic acids is 1. The molecule has 2 atom stereocenters. The maximum absolute atomic E-state index is 13.2. The van der Waals surface area contributed by atoms with E-state index in [2.05, 4.69) is 11.8 Å². The Morgan fingerprint density at radius 3 is 2.53 bits per heavy atom. The molecule has 0 aliphatic heterocycles. The summed E-state index contributed by atoms with van der Waals surface area (Å²) in [6.07, 6.45) is -1.99. The highest BCUT2D eigenvalue weighted by Crippen LogP contribution is 2.03. The van der Waals surface area contributed by atoms with Gasteiger partial charge in [0.05, 0.1) is 0 Å². The summed E-state index contributed by atoms with van der Waals surface area (Å²) in [5, 5.41) is 8.47. The molecule has 3 nitrogen and oxygen atoms in total.